The van der Waals surface area contributed by atoms with Crippen LogP contribution in [0, 0.1) is 5.41 Å². The van der Waals surface area contributed by atoms with Crippen LogP contribution in [0.5, 0.6) is 11.5 Å². The van der Waals surface area contributed by atoms with Gasteiger partial charge in [-0.1, -0.05) is 11.6 Å². The third-order valence-corrected chi connectivity index (χ3v) is 5.56. The first-order valence-electron chi connectivity index (χ1n) is 7.76. The number of aliphatic hydroxyl groups excluding tert-OH is 1. The highest BCUT2D eigenvalue weighted by Crippen LogP contribution is 2.49. The van der Waals surface area contributed by atoms with E-state index in [9.17, 15) is 5.11 Å². The highest BCUT2D eigenvalue weighted by atomic mass is 35.5. The van der Waals surface area contributed by atoms with Gasteiger partial charge in [-0.2, -0.15) is 0 Å². The molecule has 2 fully saturated rings. The second-order valence-electron chi connectivity index (χ2n) is 6.34. The molecule has 0 unspecified atom stereocenters. The molecule has 0 amide bonds. The molecule has 5 nitrogen and oxygen atoms in total. The van der Waals surface area contributed by atoms with E-state index in [1.165, 1.54) is 0 Å². The molecule has 1 aliphatic carbocycles. The molecule has 1 saturated heterocycles. The molecule has 1 saturated carbocycles. The number of rotatable bonds is 3. The van der Waals surface area contributed by atoms with Gasteiger partial charge in [-0.3, -0.25) is 0 Å². The van der Waals surface area contributed by atoms with Crippen LogP contribution in [0.2, 0.25) is 5.02 Å². The molecule has 6 heteroatoms. The summed E-state index contributed by atoms with van der Waals surface area (Å²) in [6, 6.07) is 4.21. The summed E-state index contributed by atoms with van der Waals surface area (Å²) >= 11 is 6.21. The Morgan fingerprint density at radius 2 is 2.09 bits per heavy atom. The number of ether oxygens (including phenoxy) is 3. The number of fused-ring (bicyclic) bond motifs is 1. The van der Waals surface area contributed by atoms with Gasteiger partial charge in [0, 0.05) is 31.2 Å². The molecule has 2 aliphatic heterocycles. The molecule has 1 aromatic rings. The van der Waals surface area contributed by atoms with Crippen molar-refractivity contribution in [2.75, 3.05) is 20.0 Å². The van der Waals surface area contributed by atoms with E-state index in [-0.39, 0.29) is 18.3 Å². The zero-order valence-electron chi connectivity index (χ0n) is 12.3. The summed E-state index contributed by atoms with van der Waals surface area (Å²) < 4.78 is 16.2. The molecule has 0 bridgehead atoms. The molecule has 120 valence electrons. The van der Waals surface area contributed by atoms with Gasteiger partial charge in [0.2, 0.25) is 6.79 Å². The van der Waals surface area contributed by atoms with Crippen molar-refractivity contribution in [3.8, 4) is 11.5 Å². The third kappa shape index (κ3) is 2.27. The zero-order valence-corrected chi connectivity index (χ0v) is 13.1. The van der Waals surface area contributed by atoms with Crippen molar-refractivity contribution in [1.82, 2.24) is 5.32 Å². The lowest BCUT2D eigenvalue weighted by Crippen LogP contribution is -2.64. The van der Waals surface area contributed by atoms with Crippen molar-refractivity contribution in [2.45, 2.75) is 38.0 Å². The summed E-state index contributed by atoms with van der Waals surface area (Å²) in [5, 5.41) is 14.4. The maximum Gasteiger partial charge on any atom is 0.231 e. The van der Waals surface area contributed by atoms with Crippen LogP contribution in [0.1, 0.15) is 24.8 Å². The van der Waals surface area contributed by atoms with Gasteiger partial charge in [0.15, 0.2) is 11.5 Å². The predicted octanol–water partition coefficient (Wildman–Crippen LogP) is 2.09. The fraction of sp³-hybridized carbons (Fsp3) is 0.625. The van der Waals surface area contributed by atoms with E-state index in [4.69, 9.17) is 25.8 Å². The first-order chi connectivity index (χ1) is 10.7. The maximum absolute atomic E-state index is 10.2. The molecule has 1 spiro atoms. The Hall–Kier alpha value is -1.01. The Morgan fingerprint density at radius 3 is 2.86 bits per heavy atom. The summed E-state index contributed by atoms with van der Waals surface area (Å²) in [4.78, 5) is 0. The molecule has 1 aromatic carbocycles. The van der Waals surface area contributed by atoms with E-state index < -0.39 is 0 Å². The number of hydrogen-bond acceptors (Lipinski definition) is 5. The van der Waals surface area contributed by atoms with Crippen LogP contribution in [0.15, 0.2) is 12.1 Å². The average molecular weight is 326 g/mol. The molecule has 4 rings (SSSR count). The summed E-state index contributed by atoms with van der Waals surface area (Å²) in [5.41, 5.74) is 1.05. The highest BCUT2D eigenvalue weighted by Gasteiger charge is 2.54. The van der Waals surface area contributed by atoms with Crippen LogP contribution in [-0.2, 0) is 11.3 Å². The molecule has 22 heavy (non-hydrogen) atoms. The van der Waals surface area contributed by atoms with Crippen LogP contribution in [-0.4, -0.2) is 37.3 Å². The minimum atomic E-state index is -0.214. The topological polar surface area (TPSA) is 60.0 Å². The lowest BCUT2D eigenvalue weighted by atomic mass is 9.58. The number of halogens is 1. The fourth-order valence-electron chi connectivity index (χ4n) is 3.85. The van der Waals surface area contributed by atoms with Gasteiger partial charge >= 0.3 is 0 Å². The largest absolute Gasteiger partial charge is 0.454 e. The van der Waals surface area contributed by atoms with E-state index in [0.29, 0.717) is 29.1 Å². The SMILES string of the molecule is O[C@H]1C[C@H](NCc2cc(Cl)c3c(c2)OCO3)C12CCOCC2. The van der Waals surface area contributed by atoms with Crippen LogP contribution in [0.4, 0.5) is 0 Å². The molecule has 0 radical (unpaired) electrons. The van der Waals surface area contributed by atoms with Gasteiger partial charge in [0.05, 0.1) is 11.1 Å². The van der Waals surface area contributed by atoms with Gasteiger partial charge < -0.3 is 24.6 Å². The smallest absolute Gasteiger partial charge is 0.231 e. The van der Waals surface area contributed by atoms with Gasteiger partial charge in [0.25, 0.3) is 0 Å². The summed E-state index contributed by atoms with van der Waals surface area (Å²) in [7, 11) is 0. The van der Waals surface area contributed by atoms with Gasteiger partial charge in [-0.05, 0) is 37.0 Å². The summed E-state index contributed by atoms with van der Waals surface area (Å²) in [6.07, 6.45) is 2.44. The lowest BCUT2D eigenvalue weighted by Gasteiger charge is -2.56. The maximum atomic E-state index is 10.2. The Morgan fingerprint density at radius 1 is 1.27 bits per heavy atom. The summed E-state index contributed by atoms with van der Waals surface area (Å²) in [6.45, 7) is 2.41. The Labute approximate surface area is 134 Å². The quantitative estimate of drug-likeness (QED) is 0.891. The molecule has 0 aromatic heterocycles. The molecule has 2 atom stereocenters. The number of aliphatic hydroxyl groups is 1. The van der Waals surface area contributed by atoms with Crippen molar-refractivity contribution >= 4 is 11.6 Å². The molecular weight excluding hydrogens is 306 g/mol. The van der Waals surface area contributed by atoms with E-state index in [1.54, 1.807) is 0 Å². The van der Waals surface area contributed by atoms with Gasteiger partial charge in [-0.15, -0.1) is 0 Å². The highest BCUT2D eigenvalue weighted by molar-refractivity contribution is 6.32. The van der Waals surface area contributed by atoms with Gasteiger partial charge in [-0.25, -0.2) is 0 Å². The monoisotopic (exact) mass is 325 g/mol. The number of nitrogens with one attached hydrogen (secondary N) is 1. The van der Waals surface area contributed by atoms with Crippen molar-refractivity contribution < 1.29 is 19.3 Å². The zero-order chi connectivity index (χ0) is 15.2. The predicted molar refractivity (Wildman–Crippen MR) is 81.3 cm³/mol. The lowest BCUT2D eigenvalue weighted by molar-refractivity contribution is -0.149. The van der Waals surface area contributed by atoms with Crippen LogP contribution in [0.3, 0.4) is 0 Å². The third-order valence-electron chi connectivity index (χ3n) is 5.28. The standard InChI is InChI=1S/C16H20ClNO4/c17-11-5-10(6-12-15(11)22-9-21-12)8-18-13-7-14(19)16(13)1-3-20-4-2-16/h5-6,13-14,18-19H,1-4,7-9H2/t13-,14-/m0/s1. The van der Waals surface area contributed by atoms with Gasteiger partial charge in [0.1, 0.15) is 0 Å². The van der Waals surface area contributed by atoms with Crippen molar-refractivity contribution in [3.63, 3.8) is 0 Å². The van der Waals surface area contributed by atoms with Crippen LogP contribution < -0.4 is 14.8 Å². The van der Waals surface area contributed by atoms with E-state index in [1.807, 2.05) is 12.1 Å². The Balaban J connectivity index is 1.44. The number of benzene rings is 1. The fourth-order valence-corrected chi connectivity index (χ4v) is 4.14. The normalized spacial score (nSPS) is 28.6. The van der Waals surface area contributed by atoms with Crippen molar-refractivity contribution in [2.24, 2.45) is 5.41 Å². The number of hydrogen-bond donors (Lipinski definition) is 2. The minimum Gasteiger partial charge on any atom is -0.454 e. The Bertz CT molecular complexity index is 574. The molecule has 3 aliphatic rings. The Kier molecular flexibility index (Phi) is 3.69. The van der Waals surface area contributed by atoms with Crippen LogP contribution in [0.25, 0.3) is 0 Å². The van der Waals surface area contributed by atoms with E-state index in [0.717, 1.165) is 38.0 Å². The van der Waals surface area contributed by atoms with E-state index in [2.05, 4.69) is 5.32 Å². The first-order valence-corrected chi connectivity index (χ1v) is 8.14. The second kappa shape index (κ2) is 5.57. The summed E-state index contributed by atoms with van der Waals surface area (Å²) in [5.74, 6) is 1.34. The molecule has 2 heterocycles. The van der Waals surface area contributed by atoms with Crippen molar-refractivity contribution in [1.29, 1.82) is 0 Å². The van der Waals surface area contributed by atoms with E-state index >= 15 is 0 Å². The first kappa shape index (κ1) is 14.6. The molecule has 2 N–H and O–H groups in total. The van der Waals surface area contributed by atoms with Crippen LogP contribution >= 0.6 is 11.6 Å². The molecular formula is C16H20ClNO4. The van der Waals surface area contributed by atoms with Crippen molar-refractivity contribution in [3.05, 3.63) is 22.7 Å². The second-order valence-corrected chi connectivity index (χ2v) is 6.75. The average Bonchev–Trinajstić information content (AvgIpc) is 3.01. The minimum absolute atomic E-state index is 0.0155.